The molecule has 2 aliphatic rings. The van der Waals surface area contributed by atoms with Crippen LogP contribution in [0.15, 0.2) is 66.7 Å². The molecule has 0 bridgehead atoms. The lowest BCUT2D eigenvalue weighted by Gasteiger charge is -2.22. The summed E-state index contributed by atoms with van der Waals surface area (Å²) in [6, 6.07) is 23.0. The molecule has 3 heterocycles. The van der Waals surface area contributed by atoms with Gasteiger partial charge in [-0.1, -0.05) is 54.1 Å². The number of aromatic nitrogens is 2. The van der Waals surface area contributed by atoms with Gasteiger partial charge in [-0.2, -0.15) is 0 Å². The number of fused-ring (bicyclic) bond motifs is 2. The number of nitrogens with zero attached hydrogens (tertiary/aromatic N) is 4. The third-order valence-electron chi connectivity index (χ3n) is 6.90. The van der Waals surface area contributed by atoms with E-state index < -0.39 is 0 Å². The molecule has 6 rings (SSSR count). The van der Waals surface area contributed by atoms with Gasteiger partial charge < -0.3 is 14.0 Å². The second kappa shape index (κ2) is 9.90. The van der Waals surface area contributed by atoms with Gasteiger partial charge in [0.15, 0.2) is 11.5 Å². The average molecular weight is 489 g/mol. The van der Waals surface area contributed by atoms with E-state index in [1.807, 2.05) is 12.1 Å². The Morgan fingerprint density at radius 1 is 0.771 bits per heavy atom. The van der Waals surface area contributed by atoms with E-state index in [-0.39, 0.29) is 6.79 Å². The Morgan fingerprint density at radius 3 is 2.31 bits per heavy atom. The molecule has 0 aliphatic carbocycles. The molecule has 180 valence electrons. The van der Waals surface area contributed by atoms with Crippen molar-refractivity contribution in [2.24, 2.45) is 0 Å². The minimum Gasteiger partial charge on any atom is -0.454 e. The van der Waals surface area contributed by atoms with Crippen LogP contribution in [0.1, 0.15) is 23.4 Å². The van der Waals surface area contributed by atoms with Crippen molar-refractivity contribution in [2.45, 2.75) is 26.1 Å². The zero-order valence-electron chi connectivity index (χ0n) is 19.7. The fraction of sp³-hybridized carbons (Fsp3) is 0.321. The Balaban J connectivity index is 1.16. The molecule has 0 atom stereocenters. The molecule has 0 saturated carbocycles. The van der Waals surface area contributed by atoms with Gasteiger partial charge in [0, 0.05) is 37.3 Å². The number of hydrogen-bond donors (Lipinski definition) is 0. The van der Waals surface area contributed by atoms with Gasteiger partial charge in [0.05, 0.1) is 17.6 Å². The van der Waals surface area contributed by atoms with E-state index >= 15 is 0 Å². The Kier molecular flexibility index (Phi) is 6.34. The summed E-state index contributed by atoms with van der Waals surface area (Å²) in [5, 5.41) is 0.741. The number of para-hydroxylation sites is 2. The van der Waals surface area contributed by atoms with Crippen molar-refractivity contribution in [2.75, 3.05) is 33.0 Å². The summed E-state index contributed by atoms with van der Waals surface area (Å²) in [6.45, 7) is 6.85. The molecule has 35 heavy (non-hydrogen) atoms. The largest absolute Gasteiger partial charge is 0.454 e. The van der Waals surface area contributed by atoms with Crippen LogP contribution < -0.4 is 9.47 Å². The zero-order valence-corrected chi connectivity index (χ0v) is 20.5. The van der Waals surface area contributed by atoms with Crippen LogP contribution in [-0.2, 0) is 19.6 Å². The van der Waals surface area contributed by atoms with Crippen LogP contribution in [0.3, 0.4) is 0 Å². The lowest BCUT2D eigenvalue weighted by atomic mass is 10.2. The molecule has 0 amide bonds. The molecule has 7 heteroatoms. The Hall–Kier alpha value is -3.06. The van der Waals surface area contributed by atoms with Crippen molar-refractivity contribution in [3.05, 3.63) is 88.7 Å². The smallest absolute Gasteiger partial charge is 0.231 e. The molecular formula is C28H29ClN4O2. The number of rotatable bonds is 6. The molecule has 6 nitrogen and oxygen atoms in total. The number of benzene rings is 3. The maximum absolute atomic E-state index is 6.54. The highest BCUT2D eigenvalue weighted by Gasteiger charge is 2.21. The van der Waals surface area contributed by atoms with Crippen molar-refractivity contribution in [3.63, 3.8) is 0 Å². The Morgan fingerprint density at radius 2 is 1.49 bits per heavy atom. The monoisotopic (exact) mass is 488 g/mol. The highest BCUT2D eigenvalue weighted by Crippen LogP contribution is 2.37. The molecule has 1 fully saturated rings. The standard InChI is InChI=1S/C28H29ClN4O2/c29-23-16-27-26(34-20-35-27)15-22(23)18-31-11-6-12-32(14-13-31)19-28-30-24-9-4-5-10-25(24)33(28)17-21-7-2-1-3-8-21/h1-5,7-10,15-16H,6,11-14,17-20H2. The van der Waals surface area contributed by atoms with Gasteiger partial charge in [0.2, 0.25) is 6.79 Å². The van der Waals surface area contributed by atoms with Gasteiger partial charge in [-0.05, 0) is 48.8 Å². The maximum atomic E-state index is 6.54. The van der Waals surface area contributed by atoms with Gasteiger partial charge >= 0.3 is 0 Å². The average Bonchev–Trinajstić information content (AvgIpc) is 3.39. The first-order valence-electron chi connectivity index (χ1n) is 12.2. The van der Waals surface area contributed by atoms with Crippen molar-refractivity contribution < 1.29 is 9.47 Å². The number of halogens is 1. The van der Waals surface area contributed by atoms with E-state index in [0.29, 0.717) is 0 Å². The summed E-state index contributed by atoms with van der Waals surface area (Å²) >= 11 is 6.54. The van der Waals surface area contributed by atoms with Crippen molar-refractivity contribution in [1.82, 2.24) is 19.4 Å². The maximum Gasteiger partial charge on any atom is 0.231 e. The molecule has 1 saturated heterocycles. The summed E-state index contributed by atoms with van der Waals surface area (Å²) in [5.41, 5.74) is 4.64. The zero-order chi connectivity index (χ0) is 23.6. The summed E-state index contributed by atoms with van der Waals surface area (Å²) < 4.78 is 13.4. The van der Waals surface area contributed by atoms with E-state index in [2.05, 4.69) is 69.0 Å². The van der Waals surface area contributed by atoms with Crippen LogP contribution >= 0.6 is 11.6 Å². The van der Waals surface area contributed by atoms with E-state index in [1.165, 1.54) is 11.1 Å². The first kappa shape index (κ1) is 22.4. The number of ether oxygens (including phenoxy) is 2. The predicted octanol–water partition coefficient (Wildman–Crippen LogP) is 5.17. The van der Waals surface area contributed by atoms with Crippen LogP contribution in [-0.4, -0.2) is 52.3 Å². The summed E-state index contributed by atoms with van der Waals surface area (Å²) in [5.74, 6) is 2.65. The van der Waals surface area contributed by atoms with Crippen molar-refractivity contribution in [1.29, 1.82) is 0 Å². The second-order valence-electron chi connectivity index (χ2n) is 9.29. The fourth-order valence-corrected chi connectivity index (χ4v) is 5.26. The lowest BCUT2D eigenvalue weighted by Crippen LogP contribution is -2.31. The van der Waals surface area contributed by atoms with Gasteiger partial charge in [-0.15, -0.1) is 0 Å². The summed E-state index contributed by atoms with van der Waals surface area (Å²) in [4.78, 5) is 10.0. The highest BCUT2D eigenvalue weighted by atomic mass is 35.5. The molecule has 4 aromatic rings. The lowest BCUT2D eigenvalue weighted by molar-refractivity contribution is 0.174. The van der Waals surface area contributed by atoms with E-state index in [9.17, 15) is 0 Å². The number of hydrogen-bond acceptors (Lipinski definition) is 5. The first-order chi connectivity index (χ1) is 17.2. The molecule has 3 aromatic carbocycles. The molecule has 0 unspecified atom stereocenters. The molecule has 0 N–H and O–H groups in total. The predicted molar refractivity (Wildman–Crippen MR) is 138 cm³/mol. The summed E-state index contributed by atoms with van der Waals surface area (Å²) in [7, 11) is 0. The van der Waals surface area contributed by atoms with Gasteiger partial charge in [-0.3, -0.25) is 9.80 Å². The van der Waals surface area contributed by atoms with Crippen molar-refractivity contribution in [3.8, 4) is 11.5 Å². The van der Waals surface area contributed by atoms with Gasteiger partial charge in [-0.25, -0.2) is 4.98 Å². The highest BCUT2D eigenvalue weighted by molar-refractivity contribution is 6.31. The SMILES string of the molecule is Clc1cc2c(cc1CN1CCCN(Cc3nc4ccccc4n3Cc3ccccc3)CC1)OCO2. The Labute approximate surface area is 210 Å². The van der Waals surface area contributed by atoms with E-state index in [4.69, 9.17) is 26.1 Å². The normalized spacial score (nSPS) is 16.6. The van der Waals surface area contributed by atoms with Crippen LogP contribution in [0.25, 0.3) is 11.0 Å². The summed E-state index contributed by atoms with van der Waals surface area (Å²) in [6.07, 6.45) is 1.11. The second-order valence-corrected chi connectivity index (χ2v) is 9.70. The molecule has 0 spiro atoms. The molecular weight excluding hydrogens is 460 g/mol. The van der Waals surface area contributed by atoms with Crippen LogP contribution in [0.2, 0.25) is 5.02 Å². The minimum atomic E-state index is 0.267. The Bertz CT molecular complexity index is 1320. The molecule has 1 aromatic heterocycles. The van der Waals surface area contributed by atoms with Gasteiger partial charge in [0.1, 0.15) is 5.82 Å². The van der Waals surface area contributed by atoms with E-state index in [1.54, 1.807) is 0 Å². The van der Waals surface area contributed by atoms with Gasteiger partial charge in [0.25, 0.3) is 0 Å². The van der Waals surface area contributed by atoms with Crippen molar-refractivity contribution >= 4 is 22.6 Å². The minimum absolute atomic E-state index is 0.267. The van der Waals surface area contributed by atoms with Crippen LogP contribution in [0, 0.1) is 0 Å². The quantitative estimate of drug-likeness (QED) is 0.374. The fourth-order valence-electron chi connectivity index (χ4n) is 5.05. The number of imidazole rings is 1. The van der Waals surface area contributed by atoms with Crippen LogP contribution in [0.5, 0.6) is 11.5 Å². The third-order valence-corrected chi connectivity index (χ3v) is 7.25. The molecule has 2 aliphatic heterocycles. The first-order valence-corrected chi connectivity index (χ1v) is 12.6. The topological polar surface area (TPSA) is 42.8 Å². The van der Waals surface area contributed by atoms with Crippen LogP contribution in [0.4, 0.5) is 0 Å². The molecule has 0 radical (unpaired) electrons. The third kappa shape index (κ3) is 4.87. The van der Waals surface area contributed by atoms with E-state index in [0.717, 1.165) is 85.7 Å².